The monoisotopic (exact) mass is 340 g/mol. The minimum Gasteiger partial charge on any atom is -0.368 e. The molecule has 0 unspecified atom stereocenters. The van der Waals surface area contributed by atoms with Crippen LogP contribution in [0.5, 0.6) is 0 Å². The third-order valence-electron chi connectivity index (χ3n) is 4.72. The average Bonchev–Trinajstić information content (AvgIpc) is 2.61. The quantitative estimate of drug-likeness (QED) is 0.822. The first-order valence-electron chi connectivity index (χ1n) is 8.76. The Hall–Kier alpha value is -2.36. The summed E-state index contributed by atoms with van der Waals surface area (Å²) in [7, 11) is 0. The molecule has 0 N–H and O–H groups in total. The summed E-state index contributed by atoms with van der Waals surface area (Å²) in [5.74, 6) is -0.671. The van der Waals surface area contributed by atoms with Crippen molar-refractivity contribution in [1.82, 2.24) is 4.90 Å². The number of anilines is 1. The summed E-state index contributed by atoms with van der Waals surface area (Å²) in [6.07, 6.45) is 0. The minimum atomic E-state index is -0.451. The van der Waals surface area contributed by atoms with Gasteiger partial charge in [0, 0.05) is 31.9 Å². The molecule has 2 aromatic rings. The molecule has 0 atom stereocenters. The van der Waals surface area contributed by atoms with Gasteiger partial charge in [-0.25, -0.2) is 4.39 Å². The van der Waals surface area contributed by atoms with Crippen molar-refractivity contribution in [3.8, 4) is 0 Å². The molecule has 132 valence electrons. The van der Waals surface area contributed by atoms with Gasteiger partial charge in [-0.15, -0.1) is 0 Å². The number of rotatable bonds is 2. The summed E-state index contributed by atoms with van der Waals surface area (Å²) in [6, 6.07) is 14.6. The van der Waals surface area contributed by atoms with Crippen molar-refractivity contribution in [2.24, 2.45) is 0 Å². The summed E-state index contributed by atoms with van der Waals surface area (Å²) in [4.78, 5) is 16.6. The van der Waals surface area contributed by atoms with E-state index in [0.717, 1.165) is 13.1 Å². The van der Waals surface area contributed by atoms with Gasteiger partial charge in [0.15, 0.2) is 0 Å². The Kier molecular flexibility index (Phi) is 4.80. The van der Waals surface area contributed by atoms with Crippen LogP contribution in [0.25, 0.3) is 0 Å². The summed E-state index contributed by atoms with van der Waals surface area (Å²) >= 11 is 0. The lowest BCUT2D eigenvalue weighted by molar-refractivity contribution is 0.0742. The Balaban J connectivity index is 1.73. The van der Waals surface area contributed by atoms with Crippen molar-refractivity contribution in [2.45, 2.75) is 26.2 Å². The van der Waals surface area contributed by atoms with Crippen LogP contribution in [0.1, 0.15) is 36.7 Å². The Morgan fingerprint density at radius 1 is 0.920 bits per heavy atom. The highest BCUT2D eigenvalue weighted by molar-refractivity contribution is 5.94. The number of piperazine rings is 1. The molecular formula is C21H25FN2O. The molecule has 1 saturated heterocycles. The van der Waals surface area contributed by atoms with Crippen molar-refractivity contribution in [3.63, 3.8) is 0 Å². The zero-order valence-corrected chi connectivity index (χ0v) is 15.1. The number of nitrogens with zero attached hydrogens (tertiary/aromatic N) is 2. The molecule has 2 aromatic carbocycles. The molecule has 1 fully saturated rings. The third kappa shape index (κ3) is 3.68. The molecule has 3 rings (SSSR count). The summed E-state index contributed by atoms with van der Waals surface area (Å²) in [5.41, 5.74) is 2.76. The Morgan fingerprint density at radius 3 is 2.16 bits per heavy atom. The summed E-state index contributed by atoms with van der Waals surface area (Å²) in [6.45, 7) is 9.36. The van der Waals surface area contributed by atoms with E-state index in [1.807, 2.05) is 0 Å². The van der Waals surface area contributed by atoms with Gasteiger partial charge in [-0.1, -0.05) is 51.1 Å². The minimum absolute atomic E-state index is 0.0662. The second-order valence-corrected chi connectivity index (χ2v) is 7.53. The highest BCUT2D eigenvalue weighted by Crippen LogP contribution is 2.32. The molecule has 0 saturated carbocycles. The van der Waals surface area contributed by atoms with E-state index in [4.69, 9.17) is 0 Å². The normalized spacial score (nSPS) is 15.4. The number of halogens is 1. The maximum atomic E-state index is 13.9. The van der Waals surface area contributed by atoms with Gasteiger partial charge in [-0.05, 0) is 29.2 Å². The van der Waals surface area contributed by atoms with E-state index >= 15 is 0 Å². The largest absolute Gasteiger partial charge is 0.368 e. The third-order valence-corrected chi connectivity index (χ3v) is 4.72. The van der Waals surface area contributed by atoms with Gasteiger partial charge in [0.05, 0.1) is 5.56 Å². The Bertz CT molecular complexity index is 758. The molecule has 1 aliphatic heterocycles. The van der Waals surface area contributed by atoms with Crippen LogP contribution in [0.2, 0.25) is 0 Å². The van der Waals surface area contributed by atoms with Gasteiger partial charge < -0.3 is 9.80 Å². The fourth-order valence-electron chi connectivity index (χ4n) is 3.34. The number of hydrogen-bond donors (Lipinski definition) is 0. The van der Waals surface area contributed by atoms with Crippen molar-refractivity contribution in [3.05, 3.63) is 65.5 Å². The van der Waals surface area contributed by atoms with Gasteiger partial charge in [0.1, 0.15) is 5.82 Å². The Labute approximate surface area is 149 Å². The van der Waals surface area contributed by atoms with E-state index in [0.29, 0.717) is 13.1 Å². The number of benzene rings is 2. The zero-order chi connectivity index (χ0) is 18.0. The molecule has 25 heavy (non-hydrogen) atoms. The van der Waals surface area contributed by atoms with Crippen LogP contribution in [0.15, 0.2) is 48.5 Å². The molecule has 0 radical (unpaired) electrons. The zero-order valence-electron chi connectivity index (χ0n) is 15.1. The van der Waals surface area contributed by atoms with Crippen molar-refractivity contribution in [1.29, 1.82) is 0 Å². The van der Waals surface area contributed by atoms with Gasteiger partial charge in [-0.2, -0.15) is 0 Å². The fraction of sp³-hybridized carbons (Fsp3) is 0.381. The van der Waals surface area contributed by atoms with E-state index < -0.39 is 5.82 Å². The molecule has 0 aliphatic carbocycles. The molecule has 1 heterocycles. The smallest absolute Gasteiger partial charge is 0.256 e. The Morgan fingerprint density at radius 2 is 1.52 bits per heavy atom. The molecular weight excluding hydrogens is 315 g/mol. The van der Waals surface area contributed by atoms with Crippen LogP contribution in [0, 0.1) is 5.82 Å². The lowest BCUT2D eigenvalue weighted by Crippen LogP contribution is -2.49. The highest BCUT2D eigenvalue weighted by Gasteiger charge is 2.26. The number of carbonyl (C=O) groups is 1. The van der Waals surface area contributed by atoms with Crippen LogP contribution in [0.3, 0.4) is 0 Å². The average molecular weight is 340 g/mol. The van der Waals surface area contributed by atoms with Crippen LogP contribution < -0.4 is 4.90 Å². The lowest BCUT2D eigenvalue weighted by atomic mass is 9.85. The maximum Gasteiger partial charge on any atom is 0.256 e. The first-order valence-corrected chi connectivity index (χ1v) is 8.76. The molecule has 4 heteroatoms. The van der Waals surface area contributed by atoms with E-state index in [1.165, 1.54) is 17.3 Å². The second kappa shape index (κ2) is 6.87. The van der Waals surface area contributed by atoms with Crippen molar-refractivity contribution < 1.29 is 9.18 Å². The van der Waals surface area contributed by atoms with Gasteiger partial charge in [0.2, 0.25) is 0 Å². The van der Waals surface area contributed by atoms with E-state index in [2.05, 4.69) is 49.9 Å². The highest BCUT2D eigenvalue weighted by atomic mass is 19.1. The topological polar surface area (TPSA) is 23.6 Å². The summed E-state index contributed by atoms with van der Waals surface area (Å²) in [5, 5.41) is 0. The molecule has 0 spiro atoms. The van der Waals surface area contributed by atoms with Crippen LogP contribution in [-0.4, -0.2) is 37.0 Å². The standard InChI is InChI=1S/C21H25FN2O/c1-21(2,3)17-9-5-7-11-19(17)23-12-14-24(15-13-23)20(25)16-8-4-6-10-18(16)22/h4-11H,12-15H2,1-3H3. The fourth-order valence-corrected chi connectivity index (χ4v) is 3.34. The van der Waals surface area contributed by atoms with Gasteiger partial charge in [-0.3, -0.25) is 4.79 Å². The lowest BCUT2D eigenvalue weighted by Gasteiger charge is -2.38. The molecule has 0 aromatic heterocycles. The molecule has 3 nitrogen and oxygen atoms in total. The van der Waals surface area contributed by atoms with Crippen LogP contribution in [0.4, 0.5) is 10.1 Å². The van der Waals surface area contributed by atoms with Crippen molar-refractivity contribution in [2.75, 3.05) is 31.1 Å². The van der Waals surface area contributed by atoms with Gasteiger partial charge in [0.25, 0.3) is 5.91 Å². The van der Waals surface area contributed by atoms with Crippen molar-refractivity contribution >= 4 is 11.6 Å². The first-order chi connectivity index (χ1) is 11.9. The molecule has 1 amide bonds. The SMILES string of the molecule is CC(C)(C)c1ccccc1N1CCN(C(=O)c2ccccc2F)CC1. The van der Waals surface area contributed by atoms with E-state index in [1.54, 1.807) is 23.1 Å². The van der Waals surface area contributed by atoms with E-state index in [9.17, 15) is 9.18 Å². The van der Waals surface area contributed by atoms with Gasteiger partial charge >= 0.3 is 0 Å². The molecule has 0 bridgehead atoms. The number of para-hydroxylation sites is 1. The summed E-state index contributed by atoms with van der Waals surface area (Å²) < 4.78 is 13.9. The number of carbonyl (C=O) groups excluding carboxylic acids is 1. The second-order valence-electron chi connectivity index (χ2n) is 7.53. The van der Waals surface area contributed by atoms with Crippen LogP contribution in [-0.2, 0) is 5.41 Å². The van der Waals surface area contributed by atoms with Crippen LogP contribution >= 0.6 is 0 Å². The first kappa shape index (κ1) is 17.5. The molecule has 1 aliphatic rings. The van der Waals surface area contributed by atoms with E-state index in [-0.39, 0.29) is 16.9 Å². The number of amides is 1. The predicted molar refractivity (Wildman–Crippen MR) is 99.7 cm³/mol. The number of hydrogen-bond acceptors (Lipinski definition) is 2. The maximum absolute atomic E-state index is 13.9. The predicted octanol–water partition coefficient (Wildman–Crippen LogP) is 4.09.